The average molecular weight is 335 g/mol. The molecule has 0 radical (unpaired) electrons. The Morgan fingerprint density at radius 2 is 1.61 bits per heavy atom. The van der Waals surface area contributed by atoms with Crippen LogP contribution in [0.3, 0.4) is 0 Å². The summed E-state index contributed by atoms with van der Waals surface area (Å²) in [6.07, 6.45) is 0.365. The number of rotatable bonds is 4. The van der Waals surface area contributed by atoms with Crippen LogP contribution in [0, 0.1) is 11.6 Å². The number of benzene rings is 2. The second-order valence-electron chi connectivity index (χ2n) is 4.70. The Hall–Kier alpha value is -2.54. The second-order valence-corrected chi connectivity index (χ2v) is 5.11. The molecule has 120 valence electrons. The molecule has 0 spiro atoms. The van der Waals surface area contributed by atoms with Crippen molar-refractivity contribution in [1.29, 1.82) is 0 Å². The lowest BCUT2D eigenvalue weighted by Crippen LogP contribution is -2.43. The Bertz CT molecular complexity index is 709. The fourth-order valence-electron chi connectivity index (χ4n) is 1.85. The molecule has 0 aliphatic heterocycles. The predicted octanol–water partition coefficient (Wildman–Crippen LogP) is 2.92. The van der Waals surface area contributed by atoms with E-state index in [0.717, 1.165) is 0 Å². The van der Waals surface area contributed by atoms with Crippen LogP contribution < -0.4 is 16.2 Å². The van der Waals surface area contributed by atoms with E-state index in [1.807, 2.05) is 0 Å². The molecule has 0 saturated heterocycles. The zero-order chi connectivity index (χ0) is 16.7. The molecular weight excluding hydrogens is 320 g/mol. The molecular formula is C16H15F2N3OS. The fourth-order valence-corrected chi connectivity index (χ4v) is 2.02. The van der Waals surface area contributed by atoms with Gasteiger partial charge >= 0.3 is 0 Å². The lowest BCUT2D eigenvalue weighted by atomic mass is 10.1. The summed E-state index contributed by atoms with van der Waals surface area (Å²) in [7, 11) is 0. The number of hydrazine groups is 1. The first-order valence-corrected chi connectivity index (χ1v) is 7.31. The van der Waals surface area contributed by atoms with Crippen LogP contribution in [-0.4, -0.2) is 11.0 Å². The van der Waals surface area contributed by atoms with Crippen LogP contribution in [0.2, 0.25) is 0 Å². The monoisotopic (exact) mass is 335 g/mol. The van der Waals surface area contributed by atoms with E-state index in [0.29, 0.717) is 5.56 Å². The van der Waals surface area contributed by atoms with Gasteiger partial charge in [-0.05, 0) is 42.4 Å². The molecule has 4 nitrogen and oxygen atoms in total. The summed E-state index contributed by atoms with van der Waals surface area (Å²) in [6, 6.07) is 12.3. The maximum Gasteiger partial charge on any atom is 0.238 e. The quantitative estimate of drug-likeness (QED) is 0.594. The Morgan fingerprint density at radius 3 is 2.30 bits per heavy atom. The zero-order valence-corrected chi connectivity index (χ0v) is 12.9. The number of hydrogen-bond acceptors (Lipinski definition) is 2. The topological polar surface area (TPSA) is 53.2 Å². The van der Waals surface area contributed by atoms with Crippen molar-refractivity contribution in [1.82, 2.24) is 10.9 Å². The van der Waals surface area contributed by atoms with Crippen molar-refractivity contribution in [2.24, 2.45) is 0 Å². The Morgan fingerprint density at radius 1 is 0.957 bits per heavy atom. The number of nitrogens with one attached hydrogen (secondary N) is 3. The normalized spacial score (nSPS) is 10.0. The van der Waals surface area contributed by atoms with Crippen molar-refractivity contribution >= 4 is 28.9 Å². The first-order valence-electron chi connectivity index (χ1n) is 6.90. The first kappa shape index (κ1) is 16.8. The smallest absolute Gasteiger partial charge is 0.238 e. The summed E-state index contributed by atoms with van der Waals surface area (Å²) in [4.78, 5) is 11.7. The van der Waals surface area contributed by atoms with Crippen LogP contribution in [-0.2, 0) is 11.2 Å². The molecule has 0 fully saturated rings. The van der Waals surface area contributed by atoms with Gasteiger partial charge in [0, 0.05) is 6.42 Å². The highest BCUT2D eigenvalue weighted by molar-refractivity contribution is 7.80. The van der Waals surface area contributed by atoms with Gasteiger partial charge in [0.05, 0.1) is 5.69 Å². The van der Waals surface area contributed by atoms with E-state index in [1.54, 1.807) is 30.3 Å². The molecule has 0 heterocycles. The predicted molar refractivity (Wildman–Crippen MR) is 88.6 cm³/mol. The van der Waals surface area contributed by atoms with Crippen molar-refractivity contribution in [2.75, 3.05) is 5.32 Å². The average Bonchev–Trinajstić information content (AvgIpc) is 2.54. The van der Waals surface area contributed by atoms with Gasteiger partial charge in [-0.1, -0.05) is 30.3 Å². The molecule has 0 aromatic heterocycles. The molecule has 2 aromatic rings. The molecule has 2 aromatic carbocycles. The van der Waals surface area contributed by atoms with E-state index in [4.69, 9.17) is 12.2 Å². The number of para-hydroxylation sites is 1. The van der Waals surface area contributed by atoms with Crippen LogP contribution in [0.5, 0.6) is 0 Å². The van der Waals surface area contributed by atoms with E-state index in [-0.39, 0.29) is 35.4 Å². The second kappa shape index (κ2) is 8.19. The third-order valence-corrected chi connectivity index (χ3v) is 3.22. The lowest BCUT2D eigenvalue weighted by molar-refractivity contribution is -0.121. The summed E-state index contributed by atoms with van der Waals surface area (Å²) < 4.78 is 26.8. The van der Waals surface area contributed by atoms with E-state index >= 15 is 0 Å². The highest BCUT2D eigenvalue weighted by Crippen LogP contribution is 2.12. The van der Waals surface area contributed by atoms with E-state index in [1.165, 1.54) is 18.2 Å². The molecule has 0 bridgehead atoms. The molecule has 0 aliphatic carbocycles. The maximum atomic E-state index is 13.4. The molecule has 3 N–H and O–H groups in total. The fraction of sp³-hybridized carbons (Fsp3) is 0.125. The highest BCUT2D eigenvalue weighted by Gasteiger charge is 2.07. The minimum absolute atomic E-state index is 0.0503. The van der Waals surface area contributed by atoms with Gasteiger partial charge in [-0.3, -0.25) is 15.6 Å². The number of halogens is 2. The zero-order valence-electron chi connectivity index (χ0n) is 12.1. The number of amides is 1. The summed E-state index contributed by atoms with van der Waals surface area (Å²) in [5.74, 6) is -1.15. The van der Waals surface area contributed by atoms with Gasteiger partial charge < -0.3 is 5.32 Å². The minimum atomic E-state index is -0.456. The molecule has 0 aliphatic rings. The van der Waals surface area contributed by atoms with Gasteiger partial charge in [-0.25, -0.2) is 8.78 Å². The van der Waals surface area contributed by atoms with E-state index in [9.17, 15) is 13.6 Å². The van der Waals surface area contributed by atoms with Gasteiger partial charge in [0.1, 0.15) is 11.6 Å². The summed E-state index contributed by atoms with van der Waals surface area (Å²) in [5, 5.41) is 2.67. The van der Waals surface area contributed by atoms with Crippen LogP contribution in [0.25, 0.3) is 0 Å². The Labute approximate surface area is 137 Å². The molecule has 1 amide bonds. The summed E-state index contributed by atoms with van der Waals surface area (Å²) >= 11 is 4.95. The number of aryl methyl sites for hydroxylation is 1. The van der Waals surface area contributed by atoms with Crippen molar-refractivity contribution in [2.45, 2.75) is 12.8 Å². The van der Waals surface area contributed by atoms with E-state index in [2.05, 4.69) is 16.2 Å². The Balaban J connectivity index is 1.75. The highest BCUT2D eigenvalue weighted by atomic mass is 32.1. The standard InChI is InChI=1S/C16H15F2N3OS/c17-12-6-2-1-5-11(12)9-10-15(22)20-21-16(23)19-14-8-4-3-7-13(14)18/h1-8H,9-10H2,(H,20,22)(H2,19,21,23). The van der Waals surface area contributed by atoms with Gasteiger partial charge in [0.2, 0.25) is 5.91 Å². The Kier molecular flexibility index (Phi) is 5.99. The van der Waals surface area contributed by atoms with Crippen molar-refractivity contribution < 1.29 is 13.6 Å². The van der Waals surface area contributed by atoms with E-state index < -0.39 is 5.82 Å². The summed E-state index contributed by atoms with van der Waals surface area (Å²) in [5.41, 5.74) is 5.51. The third-order valence-electron chi connectivity index (χ3n) is 3.02. The van der Waals surface area contributed by atoms with Crippen LogP contribution in [0.15, 0.2) is 48.5 Å². The number of carbonyl (C=O) groups is 1. The van der Waals surface area contributed by atoms with Crippen LogP contribution in [0.4, 0.5) is 14.5 Å². The van der Waals surface area contributed by atoms with Gasteiger partial charge in [-0.2, -0.15) is 0 Å². The lowest BCUT2D eigenvalue weighted by Gasteiger charge is -2.12. The third kappa shape index (κ3) is 5.30. The largest absolute Gasteiger partial charge is 0.329 e. The van der Waals surface area contributed by atoms with Gasteiger partial charge in [-0.15, -0.1) is 0 Å². The minimum Gasteiger partial charge on any atom is -0.329 e. The number of thiocarbonyl (C=S) groups is 1. The molecule has 23 heavy (non-hydrogen) atoms. The van der Waals surface area contributed by atoms with Crippen LogP contribution in [0.1, 0.15) is 12.0 Å². The van der Waals surface area contributed by atoms with Crippen LogP contribution >= 0.6 is 12.2 Å². The maximum absolute atomic E-state index is 13.4. The molecule has 0 atom stereocenters. The van der Waals surface area contributed by atoms with Crippen molar-refractivity contribution in [3.8, 4) is 0 Å². The van der Waals surface area contributed by atoms with Gasteiger partial charge in [0.15, 0.2) is 5.11 Å². The first-order chi connectivity index (χ1) is 11.1. The number of carbonyl (C=O) groups excluding carboxylic acids is 1. The van der Waals surface area contributed by atoms with Crippen molar-refractivity contribution in [3.05, 3.63) is 65.7 Å². The molecule has 0 saturated carbocycles. The number of hydrogen-bond donors (Lipinski definition) is 3. The molecule has 0 unspecified atom stereocenters. The van der Waals surface area contributed by atoms with Crippen molar-refractivity contribution in [3.63, 3.8) is 0 Å². The molecule has 7 heteroatoms. The number of anilines is 1. The van der Waals surface area contributed by atoms with Gasteiger partial charge in [0.25, 0.3) is 0 Å². The molecule has 2 rings (SSSR count). The SMILES string of the molecule is O=C(CCc1ccccc1F)NNC(=S)Nc1ccccc1F. The summed E-state index contributed by atoms with van der Waals surface area (Å²) in [6.45, 7) is 0.